The SMILES string of the molecule is Cc1noc(C)c1C(C)n1cncc1C(N)C(C)C. The first-order valence-corrected chi connectivity index (χ1v) is 6.63. The molecule has 5 heteroatoms. The van der Waals surface area contributed by atoms with Gasteiger partial charge < -0.3 is 14.8 Å². The molecule has 0 spiro atoms. The maximum Gasteiger partial charge on any atom is 0.139 e. The molecule has 0 fully saturated rings. The number of imidazole rings is 1. The highest BCUT2D eigenvalue weighted by Gasteiger charge is 2.22. The molecular formula is C14H22N4O. The first-order chi connectivity index (χ1) is 8.93. The van der Waals surface area contributed by atoms with E-state index >= 15 is 0 Å². The van der Waals surface area contributed by atoms with Crippen molar-refractivity contribution in [3.63, 3.8) is 0 Å². The number of nitrogens with two attached hydrogens (primary N) is 1. The van der Waals surface area contributed by atoms with Gasteiger partial charge in [-0.3, -0.25) is 0 Å². The first kappa shape index (κ1) is 13.8. The van der Waals surface area contributed by atoms with E-state index in [1.165, 1.54) is 0 Å². The highest BCUT2D eigenvalue weighted by atomic mass is 16.5. The summed E-state index contributed by atoms with van der Waals surface area (Å²) in [7, 11) is 0. The van der Waals surface area contributed by atoms with Crippen molar-refractivity contribution in [1.82, 2.24) is 14.7 Å². The van der Waals surface area contributed by atoms with Crippen molar-refractivity contribution in [3.05, 3.63) is 35.2 Å². The minimum atomic E-state index is -0.0228. The Balaban J connectivity index is 2.41. The van der Waals surface area contributed by atoms with Gasteiger partial charge in [0.1, 0.15) is 5.76 Å². The average molecular weight is 262 g/mol. The van der Waals surface area contributed by atoms with Gasteiger partial charge in [-0.1, -0.05) is 19.0 Å². The van der Waals surface area contributed by atoms with Gasteiger partial charge in [-0.2, -0.15) is 0 Å². The van der Waals surface area contributed by atoms with Gasteiger partial charge in [0.2, 0.25) is 0 Å². The third-order valence-corrected chi connectivity index (χ3v) is 3.68. The van der Waals surface area contributed by atoms with Gasteiger partial charge in [0.15, 0.2) is 0 Å². The number of aryl methyl sites for hydroxylation is 2. The summed E-state index contributed by atoms with van der Waals surface area (Å²) >= 11 is 0. The molecule has 2 atom stereocenters. The Morgan fingerprint density at radius 2 is 1.95 bits per heavy atom. The van der Waals surface area contributed by atoms with E-state index in [1.54, 1.807) is 0 Å². The summed E-state index contributed by atoms with van der Waals surface area (Å²) in [6.45, 7) is 10.2. The summed E-state index contributed by atoms with van der Waals surface area (Å²) in [6, 6.07) is 0.0963. The summed E-state index contributed by atoms with van der Waals surface area (Å²) < 4.78 is 7.36. The van der Waals surface area contributed by atoms with Crippen molar-refractivity contribution in [2.45, 2.75) is 46.7 Å². The number of nitrogens with zero attached hydrogens (tertiary/aromatic N) is 3. The quantitative estimate of drug-likeness (QED) is 0.919. The highest BCUT2D eigenvalue weighted by molar-refractivity contribution is 5.26. The Bertz CT molecular complexity index is 536. The smallest absolute Gasteiger partial charge is 0.139 e. The van der Waals surface area contributed by atoms with E-state index in [9.17, 15) is 0 Å². The van der Waals surface area contributed by atoms with Crippen LogP contribution in [-0.2, 0) is 0 Å². The first-order valence-electron chi connectivity index (χ1n) is 6.63. The van der Waals surface area contributed by atoms with Crippen LogP contribution in [-0.4, -0.2) is 14.7 Å². The fraction of sp³-hybridized carbons (Fsp3) is 0.571. The lowest BCUT2D eigenvalue weighted by atomic mass is 10.0. The van der Waals surface area contributed by atoms with Gasteiger partial charge >= 0.3 is 0 Å². The Morgan fingerprint density at radius 3 is 2.47 bits per heavy atom. The van der Waals surface area contributed by atoms with E-state index in [-0.39, 0.29) is 12.1 Å². The lowest BCUT2D eigenvalue weighted by molar-refractivity contribution is 0.390. The van der Waals surface area contributed by atoms with E-state index < -0.39 is 0 Å². The zero-order valence-corrected chi connectivity index (χ0v) is 12.2. The number of hydrogen-bond donors (Lipinski definition) is 1. The molecule has 19 heavy (non-hydrogen) atoms. The van der Waals surface area contributed by atoms with Gasteiger partial charge in [0.25, 0.3) is 0 Å². The van der Waals surface area contributed by atoms with Crippen LogP contribution in [0.2, 0.25) is 0 Å². The Hall–Kier alpha value is -1.62. The lowest BCUT2D eigenvalue weighted by Crippen LogP contribution is -2.22. The van der Waals surface area contributed by atoms with E-state index in [1.807, 2.05) is 26.4 Å². The molecule has 0 aromatic carbocycles. The summed E-state index contributed by atoms with van der Waals surface area (Å²) in [6.07, 6.45) is 3.67. The molecule has 2 aromatic heterocycles. The molecule has 2 heterocycles. The summed E-state index contributed by atoms with van der Waals surface area (Å²) in [5.41, 5.74) is 9.32. The molecule has 0 saturated heterocycles. The third-order valence-electron chi connectivity index (χ3n) is 3.68. The molecular weight excluding hydrogens is 240 g/mol. The average Bonchev–Trinajstić information content (AvgIpc) is 2.95. The van der Waals surface area contributed by atoms with Crippen LogP contribution in [0.1, 0.15) is 55.6 Å². The minimum Gasteiger partial charge on any atom is -0.361 e. The van der Waals surface area contributed by atoms with Crippen LogP contribution < -0.4 is 5.73 Å². The molecule has 0 aliphatic carbocycles. The number of aromatic nitrogens is 3. The Labute approximate surface area is 113 Å². The van der Waals surface area contributed by atoms with E-state index in [0.717, 1.165) is 22.7 Å². The molecule has 0 radical (unpaired) electrons. The zero-order valence-electron chi connectivity index (χ0n) is 12.2. The minimum absolute atomic E-state index is 0.0228. The fourth-order valence-corrected chi connectivity index (χ4v) is 2.46. The molecule has 0 bridgehead atoms. The van der Waals surface area contributed by atoms with Gasteiger partial charge in [0, 0.05) is 17.8 Å². The molecule has 104 valence electrons. The van der Waals surface area contributed by atoms with Crippen LogP contribution in [0, 0.1) is 19.8 Å². The maximum absolute atomic E-state index is 6.25. The monoisotopic (exact) mass is 262 g/mol. The van der Waals surface area contributed by atoms with Crippen LogP contribution in [0.25, 0.3) is 0 Å². The van der Waals surface area contributed by atoms with Crippen molar-refractivity contribution >= 4 is 0 Å². The summed E-state index contributed by atoms with van der Waals surface area (Å²) in [5, 5.41) is 4.02. The van der Waals surface area contributed by atoms with E-state index in [2.05, 4.69) is 35.5 Å². The molecule has 0 aliphatic rings. The lowest BCUT2D eigenvalue weighted by Gasteiger charge is -2.22. The maximum atomic E-state index is 6.25. The van der Waals surface area contributed by atoms with Crippen LogP contribution in [0.5, 0.6) is 0 Å². The molecule has 0 aliphatic heterocycles. The number of hydrogen-bond acceptors (Lipinski definition) is 4. The normalized spacial score (nSPS) is 14.9. The second-order valence-corrected chi connectivity index (χ2v) is 5.41. The number of rotatable bonds is 4. The molecule has 2 N–H and O–H groups in total. The second kappa shape index (κ2) is 5.17. The summed E-state index contributed by atoms with van der Waals surface area (Å²) in [5.74, 6) is 1.22. The van der Waals surface area contributed by atoms with Crippen LogP contribution in [0.15, 0.2) is 17.0 Å². The van der Waals surface area contributed by atoms with Crippen molar-refractivity contribution in [2.75, 3.05) is 0 Å². The molecule has 2 unspecified atom stereocenters. The molecule has 5 nitrogen and oxygen atoms in total. The van der Waals surface area contributed by atoms with E-state index in [4.69, 9.17) is 10.3 Å². The largest absolute Gasteiger partial charge is 0.361 e. The zero-order chi connectivity index (χ0) is 14.2. The van der Waals surface area contributed by atoms with E-state index in [0.29, 0.717) is 5.92 Å². The van der Waals surface area contributed by atoms with Crippen molar-refractivity contribution in [1.29, 1.82) is 0 Å². The van der Waals surface area contributed by atoms with Crippen LogP contribution >= 0.6 is 0 Å². The Morgan fingerprint density at radius 1 is 1.26 bits per heavy atom. The van der Waals surface area contributed by atoms with Crippen molar-refractivity contribution < 1.29 is 4.52 Å². The van der Waals surface area contributed by atoms with Gasteiger partial charge in [-0.25, -0.2) is 4.98 Å². The fourth-order valence-electron chi connectivity index (χ4n) is 2.46. The molecule has 2 rings (SSSR count). The van der Waals surface area contributed by atoms with Gasteiger partial charge in [0.05, 0.1) is 23.8 Å². The van der Waals surface area contributed by atoms with Crippen molar-refractivity contribution in [3.8, 4) is 0 Å². The third kappa shape index (κ3) is 2.42. The van der Waals surface area contributed by atoms with Crippen molar-refractivity contribution in [2.24, 2.45) is 11.7 Å². The highest BCUT2D eigenvalue weighted by Crippen LogP contribution is 2.28. The predicted molar refractivity (Wildman–Crippen MR) is 73.8 cm³/mol. The van der Waals surface area contributed by atoms with Crippen LogP contribution in [0.3, 0.4) is 0 Å². The van der Waals surface area contributed by atoms with Crippen LogP contribution in [0.4, 0.5) is 0 Å². The van der Waals surface area contributed by atoms with Gasteiger partial charge in [-0.05, 0) is 26.7 Å². The molecule has 0 saturated carbocycles. The standard InChI is InChI=1S/C14H22N4O/c1-8(2)14(15)12-6-16-7-18(12)10(4)13-9(3)17-19-11(13)5/h6-8,10,14H,15H2,1-5H3. The second-order valence-electron chi connectivity index (χ2n) is 5.41. The van der Waals surface area contributed by atoms with Gasteiger partial charge in [-0.15, -0.1) is 0 Å². The molecule has 2 aromatic rings. The predicted octanol–water partition coefficient (Wildman–Crippen LogP) is 2.75. The molecule has 0 amide bonds. The topological polar surface area (TPSA) is 69.9 Å². The Kier molecular flexibility index (Phi) is 3.75. The summed E-state index contributed by atoms with van der Waals surface area (Å²) in [4.78, 5) is 4.25.